The van der Waals surface area contributed by atoms with Gasteiger partial charge in [-0.15, -0.1) is 0 Å². The maximum absolute atomic E-state index is 13.7. The lowest BCUT2D eigenvalue weighted by Crippen LogP contribution is -2.47. The van der Waals surface area contributed by atoms with Gasteiger partial charge in [-0.3, -0.25) is 14.5 Å². The molecule has 1 aliphatic heterocycles. The van der Waals surface area contributed by atoms with E-state index in [1.807, 2.05) is 42.5 Å². The van der Waals surface area contributed by atoms with Gasteiger partial charge in [0.1, 0.15) is 18.1 Å². The predicted molar refractivity (Wildman–Crippen MR) is 154 cm³/mol. The molecule has 0 unspecified atom stereocenters. The fourth-order valence-electron chi connectivity index (χ4n) is 4.60. The van der Waals surface area contributed by atoms with Crippen LogP contribution in [0.4, 0.5) is 0 Å². The number of ether oxygens (including phenoxy) is 2. The molecule has 1 fully saturated rings. The van der Waals surface area contributed by atoms with Gasteiger partial charge in [-0.05, 0) is 54.8 Å². The van der Waals surface area contributed by atoms with Crippen LogP contribution in [0.5, 0.6) is 5.75 Å². The summed E-state index contributed by atoms with van der Waals surface area (Å²) in [6.07, 6.45) is 4.37. The molecular weight excluding hydrogens is 506 g/mol. The highest BCUT2D eigenvalue weighted by Gasteiger charge is 2.24. The summed E-state index contributed by atoms with van der Waals surface area (Å²) in [6.45, 7) is 7.79. The maximum atomic E-state index is 13.7. The summed E-state index contributed by atoms with van der Waals surface area (Å²) in [7, 11) is 0. The van der Waals surface area contributed by atoms with E-state index in [1.165, 1.54) is 0 Å². The Hall–Kier alpha value is -3.62. The third-order valence-corrected chi connectivity index (χ3v) is 7.06. The van der Waals surface area contributed by atoms with Crippen molar-refractivity contribution in [3.8, 4) is 5.75 Å². The zero-order valence-electron chi connectivity index (χ0n) is 23.5. The Morgan fingerprint density at radius 3 is 2.40 bits per heavy atom. The molecule has 0 spiro atoms. The van der Waals surface area contributed by atoms with Crippen molar-refractivity contribution >= 4 is 11.8 Å². The van der Waals surface area contributed by atoms with Crippen molar-refractivity contribution in [2.24, 2.45) is 0 Å². The maximum Gasteiger partial charge on any atom is 0.254 e. The molecule has 0 atom stereocenters. The second kappa shape index (κ2) is 15.8. The van der Waals surface area contributed by atoms with Crippen LogP contribution in [0.15, 0.2) is 77.4 Å². The lowest BCUT2D eigenvalue weighted by atomic mass is 10.1. The molecule has 3 aromatic rings. The number of morpholine rings is 1. The van der Waals surface area contributed by atoms with Crippen LogP contribution in [0.2, 0.25) is 0 Å². The fraction of sp³-hybridized carbons (Fsp3) is 0.438. The van der Waals surface area contributed by atoms with Crippen molar-refractivity contribution in [3.05, 3.63) is 89.9 Å². The van der Waals surface area contributed by atoms with Crippen LogP contribution >= 0.6 is 0 Å². The average Bonchev–Trinajstić information content (AvgIpc) is 3.52. The zero-order chi connectivity index (χ0) is 28.0. The van der Waals surface area contributed by atoms with Gasteiger partial charge in [-0.2, -0.15) is 0 Å². The number of rotatable bonds is 15. The van der Waals surface area contributed by atoms with Crippen LogP contribution < -0.4 is 4.74 Å². The number of hydrogen-bond donors (Lipinski definition) is 0. The Balaban J connectivity index is 1.46. The van der Waals surface area contributed by atoms with E-state index in [1.54, 1.807) is 28.2 Å². The van der Waals surface area contributed by atoms with E-state index in [2.05, 4.69) is 24.0 Å². The molecule has 8 nitrogen and oxygen atoms in total. The van der Waals surface area contributed by atoms with Crippen LogP contribution in [0, 0.1) is 0 Å². The Morgan fingerprint density at radius 2 is 1.70 bits per heavy atom. The third kappa shape index (κ3) is 9.24. The normalized spacial score (nSPS) is 13.6. The second-order valence-electron chi connectivity index (χ2n) is 10.0. The number of amides is 2. The van der Waals surface area contributed by atoms with E-state index >= 15 is 0 Å². The topological polar surface area (TPSA) is 75.5 Å². The summed E-state index contributed by atoms with van der Waals surface area (Å²) < 4.78 is 16.8. The summed E-state index contributed by atoms with van der Waals surface area (Å²) in [6, 6.07) is 21.0. The van der Waals surface area contributed by atoms with Gasteiger partial charge in [0, 0.05) is 38.3 Å². The van der Waals surface area contributed by atoms with E-state index in [0.717, 1.165) is 37.2 Å². The van der Waals surface area contributed by atoms with Crippen LogP contribution in [0.1, 0.15) is 41.4 Å². The first kappa shape index (κ1) is 29.4. The van der Waals surface area contributed by atoms with Gasteiger partial charge in [0.15, 0.2) is 0 Å². The number of hydrogen-bond acceptors (Lipinski definition) is 6. The third-order valence-electron chi connectivity index (χ3n) is 7.06. The minimum atomic E-state index is -0.164. The van der Waals surface area contributed by atoms with Crippen molar-refractivity contribution in [2.75, 3.05) is 59.1 Å². The molecular formula is C32H41N3O5. The molecule has 2 heterocycles. The quantitative estimate of drug-likeness (QED) is 0.261. The number of unbranched alkanes of at least 4 members (excludes halogenated alkanes) is 1. The number of carbonyl (C=O) groups is 2. The van der Waals surface area contributed by atoms with Crippen LogP contribution in [-0.4, -0.2) is 85.6 Å². The summed E-state index contributed by atoms with van der Waals surface area (Å²) in [5, 5.41) is 0. The predicted octanol–water partition coefficient (Wildman–Crippen LogP) is 4.50. The molecule has 2 aromatic carbocycles. The number of benzene rings is 2. The summed E-state index contributed by atoms with van der Waals surface area (Å²) in [4.78, 5) is 33.1. The van der Waals surface area contributed by atoms with Gasteiger partial charge in [-0.25, -0.2) is 0 Å². The molecule has 0 radical (unpaired) electrons. The van der Waals surface area contributed by atoms with E-state index in [0.29, 0.717) is 63.7 Å². The van der Waals surface area contributed by atoms with Gasteiger partial charge < -0.3 is 23.7 Å². The lowest BCUT2D eigenvalue weighted by Gasteiger charge is -2.31. The Kier molecular flexibility index (Phi) is 11.6. The molecule has 1 saturated heterocycles. The van der Waals surface area contributed by atoms with Crippen molar-refractivity contribution in [1.82, 2.24) is 14.7 Å². The van der Waals surface area contributed by atoms with Crippen LogP contribution in [-0.2, 0) is 22.5 Å². The molecule has 214 valence electrons. The van der Waals surface area contributed by atoms with Crippen molar-refractivity contribution < 1.29 is 23.5 Å². The fourth-order valence-corrected chi connectivity index (χ4v) is 4.60. The van der Waals surface area contributed by atoms with Crippen molar-refractivity contribution in [2.45, 2.75) is 32.7 Å². The first-order valence-corrected chi connectivity index (χ1v) is 14.3. The highest BCUT2D eigenvalue weighted by Crippen LogP contribution is 2.16. The highest BCUT2D eigenvalue weighted by atomic mass is 16.5. The Morgan fingerprint density at radius 1 is 0.925 bits per heavy atom. The summed E-state index contributed by atoms with van der Waals surface area (Å²) in [5.74, 6) is 1.18. The largest absolute Gasteiger partial charge is 0.494 e. The monoisotopic (exact) mass is 547 g/mol. The minimum Gasteiger partial charge on any atom is -0.494 e. The first-order valence-electron chi connectivity index (χ1n) is 14.3. The van der Waals surface area contributed by atoms with E-state index in [-0.39, 0.29) is 18.4 Å². The summed E-state index contributed by atoms with van der Waals surface area (Å²) in [5.41, 5.74) is 1.70. The molecule has 0 N–H and O–H groups in total. The number of nitrogens with zero attached hydrogens (tertiary/aromatic N) is 3. The highest BCUT2D eigenvalue weighted by molar-refractivity contribution is 5.96. The minimum absolute atomic E-state index is 0.00652. The van der Waals surface area contributed by atoms with Gasteiger partial charge in [-0.1, -0.05) is 43.7 Å². The van der Waals surface area contributed by atoms with Gasteiger partial charge in [0.25, 0.3) is 5.91 Å². The molecule has 1 aliphatic rings. The SMILES string of the molecule is CCCCOc1ccc(C(=O)N(CCN2CCOCC2)CC(=O)N(CCc2ccccc2)Cc2ccco2)cc1. The molecule has 4 rings (SSSR count). The summed E-state index contributed by atoms with van der Waals surface area (Å²) >= 11 is 0. The standard InChI is InChI=1S/C32H41N3O5/c1-2-3-21-39-29-13-11-28(12-14-29)32(37)35(18-17-33-19-23-38-24-20-33)26-31(36)34(25-30-10-7-22-40-30)16-15-27-8-5-4-6-9-27/h4-14,22H,2-3,15-21,23-26H2,1H3. The molecule has 1 aromatic heterocycles. The molecule has 8 heteroatoms. The van der Waals surface area contributed by atoms with Gasteiger partial charge in [0.2, 0.25) is 5.91 Å². The first-order chi connectivity index (χ1) is 19.6. The number of furan rings is 1. The number of carbonyl (C=O) groups excluding carboxylic acids is 2. The molecule has 40 heavy (non-hydrogen) atoms. The average molecular weight is 548 g/mol. The molecule has 2 amide bonds. The smallest absolute Gasteiger partial charge is 0.254 e. The molecule has 0 saturated carbocycles. The van der Waals surface area contributed by atoms with E-state index < -0.39 is 0 Å². The van der Waals surface area contributed by atoms with Crippen molar-refractivity contribution in [1.29, 1.82) is 0 Å². The van der Waals surface area contributed by atoms with E-state index in [9.17, 15) is 9.59 Å². The second-order valence-corrected chi connectivity index (χ2v) is 10.0. The van der Waals surface area contributed by atoms with Gasteiger partial charge in [0.05, 0.1) is 32.6 Å². The Labute approximate surface area is 237 Å². The van der Waals surface area contributed by atoms with Crippen LogP contribution in [0.25, 0.3) is 0 Å². The molecule has 0 bridgehead atoms. The zero-order valence-corrected chi connectivity index (χ0v) is 23.5. The lowest BCUT2D eigenvalue weighted by molar-refractivity contribution is -0.132. The van der Waals surface area contributed by atoms with Crippen molar-refractivity contribution in [3.63, 3.8) is 0 Å². The van der Waals surface area contributed by atoms with Crippen LogP contribution in [0.3, 0.4) is 0 Å². The Bertz CT molecular complexity index is 1150. The molecule has 0 aliphatic carbocycles. The van der Waals surface area contributed by atoms with Gasteiger partial charge >= 0.3 is 0 Å². The van der Waals surface area contributed by atoms with E-state index in [4.69, 9.17) is 13.9 Å².